The van der Waals surface area contributed by atoms with E-state index >= 15 is 0 Å². The number of carbonyl (C=O) groups excluding carboxylic acids is 1. The molecule has 2 aromatic rings. The van der Waals surface area contributed by atoms with Crippen LogP contribution in [0.4, 0.5) is 0 Å². The normalized spacial score (nSPS) is 10.0. The maximum Gasteiger partial charge on any atom is 0.319 e. The average molecular weight is 289 g/mol. The minimum Gasteiger partial charge on any atom is -0.493 e. The smallest absolute Gasteiger partial charge is 0.319 e. The third-order valence-corrected chi connectivity index (χ3v) is 2.64. The lowest BCUT2D eigenvalue weighted by molar-refractivity contribution is 0.112. The standard InChI is InChI=1S/C14H15N3O4/c1-9-15-13(17-14(16-9)20-3)8-21-11-5-4-10(7-18)6-12(11)19-2/h4-7H,8H2,1-3H3. The average Bonchev–Trinajstić information content (AvgIpc) is 2.52. The van der Waals surface area contributed by atoms with Crippen LogP contribution in [0.5, 0.6) is 17.5 Å². The highest BCUT2D eigenvalue weighted by Gasteiger charge is 2.09. The second-order valence-electron chi connectivity index (χ2n) is 4.10. The molecule has 0 spiro atoms. The van der Waals surface area contributed by atoms with Crippen molar-refractivity contribution in [2.75, 3.05) is 14.2 Å². The third kappa shape index (κ3) is 3.65. The minimum atomic E-state index is 0.135. The highest BCUT2D eigenvalue weighted by Crippen LogP contribution is 2.28. The molecule has 1 heterocycles. The first-order valence-corrected chi connectivity index (χ1v) is 6.18. The first-order valence-electron chi connectivity index (χ1n) is 6.18. The summed E-state index contributed by atoms with van der Waals surface area (Å²) >= 11 is 0. The molecule has 1 aromatic heterocycles. The Hall–Kier alpha value is -2.70. The first-order chi connectivity index (χ1) is 10.2. The molecule has 110 valence electrons. The number of aromatic nitrogens is 3. The van der Waals surface area contributed by atoms with E-state index in [1.165, 1.54) is 14.2 Å². The lowest BCUT2D eigenvalue weighted by Gasteiger charge is -2.10. The van der Waals surface area contributed by atoms with Gasteiger partial charge in [-0.25, -0.2) is 4.98 Å². The first kappa shape index (κ1) is 14.7. The van der Waals surface area contributed by atoms with Gasteiger partial charge in [0.1, 0.15) is 18.7 Å². The fraction of sp³-hybridized carbons (Fsp3) is 0.286. The number of aryl methyl sites for hydroxylation is 1. The molecule has 0 radical (unpaired) electrons. The fourth-order valence-electron chi connectivity index (χ4n) is 1.69. The van der Waals surface area contributed by atoms with E-state index in [0.29, 0.717) is 28.7 Å². The minimum absolute atomic E-state index is 0.135. The zero-order chi connectivity index (χ0) is 15.2. The van der Waals surface area contributed by atoms with Crippen molar-refractivity contribution in [1.29, 1.82) is 0 Å². The van der Waals surface area contributed by atoms with Crippen LogP contribution >= 0.6 is 0 Å². The van der Waals surface area contributed by atoms with Gasteiger partial charge in [-0.3, -0.25) is 4.79 Å². The van der Waals surface area contributed by atoms with Crippen LogP contribution in [0.1, 0.15) is 22.0 Å². The van der Waals surface area contributed by atoms with Crippen LogP contribution in [0.3, 0.4) is 0 Å². The van der Waals surface area contributed by atoms with Crippen LogP contribution in [0, 0.1) is 6.92 Å². The number of aldehydes is 1. The number of hydrogen-bond acceptors (Lipinski definition) is 7. The molecule has 0 aliphatic heterocycles. The van der Waals surface area contributed by atoms with Crippen molar-refractivity contribution in [1.82, 2.24) is 15.0 Å². The van der Waals surface area contributed by atoms with E-state index in [9.17, 15) is 4.79 Å². The molecule has 7 nitrogen and oxygen atoms in total. The van der Waals surface area contributed by atoms with Crippen LogP contribution < -0.4 is 14.2 Å². The van der Waals surface area contributed by atoms with Crippen molar-refractivity contribution in [3.05, 3.63) is 35.4 Å². The number of hydrogen-bond donors (Lipinski definition) is 0. The van der Waals surface area contributed by atoms with E-state index in [1.54, 1.807) is 25.1 Å². The Morgan fingerprint density at radius 3 is 2.57 bits per heavy atom. The van der Waals surface area contributed by atoms with E-state index < -0.39 is 0 Å². The highest BCUT2D eigenvalue weighted by atomic mass is 16.5. The van der Waals surface area contributed by atoms with Gasteiger partial charge >= 0.3 is 6.01 Å². The van der Waals surface area contributed by atoms with Gasteiger partial charge in [0, 0.05) is 5.56 Å². The van der Waals surface area contributed by atoms with E-state index in [0.717, 1.165) is 6.29 Å². The molecule has 0 saturated heterocycles. The summed E-state index contributed by atoms with van der Waals surface area (Å²) in [5.41, 5.74) is 0.511. The molecule has 0 aliphatic rings. The molecule has 2 rings (SSSR count). The van der Waals surface area contributed by atoms with Gasteiger partial charge in [0.2, 0.25) is 0 Å². The molecular formula is C14H15N3O4. The van der Waals surface area contributed by atoms with Crippen molar-refractivity contribution in [3.63, 3.8) is 0 Å². The lowest BCUT2D eigenvalue weighted by Crippen LogP contribution is -2.07. The molecule has 21 heavy (non-hydrogen) atoms. The number of nitrogens with zero attached hydrogens (tertiary/aromatic N) is 3. The van der Waals surface area contributed by atoms with Crippen LogP contribution in [-0.2, 0) is 6.61 Å². The number of ether oxygens (including phenoxy) is 3. The zero-order valence-corrected chi connectivity index (χ0v) is 12.0. The summed E-state index contributed by atoms with van der Waals surface area (Å²) in [5, 5.41) is 0. The van der Waals surface area contributed by atoms with Gasteiger partial charge in [0.25, 0.3) is 0 Å². The summed E-state index contributed by atoms with van der Waals surface area (Å²) in [5.74, 6) is 1.96. The van der Waals surface area contributed by atoms with Crippen LogP contribution in [0.25, 0.3) is 0 Å². The summed E-state index contributed by atoms with van der Waals surface area (Å²) in [6.45, 7) is 1.88. The molecule has 7 heteroatoms. The van der Waals surface area contributed by atoms with Crippen LogP contribution in [0.15, 0.2) is 18.2 Å². The molecule has 0 bridgehead atoms. The fourth-order valence-corrected chi connectivity index (χ4v) is 1.69. The van der Waals surface area contributed by atoms with Gasteiger partial charge in [0.15, 0.2) is 17.3 Å². The molecular weight excluding hydrogens is 274 g/mol. The molecule has 0 amide bonds. The van der Waals surface area contributed by atoms with Crippen LogP contribution in [0.2, 0.25) is 0 Å². The van der Waals surface area contributed by atoms with Gasteiger partial charge in [-0.2, -0.15) is 9.97 Å². The number of carbonyl (C=O) groups is 1. The van der Waals surface area contributed by atoms with Crippen molar-refractivity contribution < 1.29 is 19.0 Å². The Morgan fingerprint density at radius 1 is 1.10 bits per heavy atom. The van der Waals surface area contributed by atoms with Gasteiger partial charge in [0.05, 0.1) is 14.2 Å². The predicted molar refractivity (Wildman–Crippen MR) is 73.8 cm³/mol. The van der Waals surface area contributed by atoms with Gasteiger partial charge in [-0.1, -0.05) is 0 Å². The third-order valence-electron chi connectivity index (χ3n) is 2.64. The van der Waals surface area contributed by atoms with Crippen molar-refractivity contribution in [2.45, 2.75) is 13.5 Å². The highest BCUT2D eigenvalue weighted by molar-refractivity contribution is 5.76. The van der Waals surface area contributed by atoms with Crippen molar-refractivity contribution in [3.8, 4) is 17.5 Å². The Balaban J connectivity index is 2.16. The quantitative estimate of drug-likeness (QED) is 0.746. The largest absolute Gasteiger partial charge is 0.493 e. The maximum atomic E-state index is 10.7. The van der Waals surface area contributed by atoms with Gasteiger partial charge in [-0.15, -0.1) is 0 Å². The SMILES string of the molecule is COc1nc(C)nc(COc2ccc(C=O)cc2OC)n1. The number of rotatable bonds is 6. The number of benzene rings is 1. The van der Waals surface area contributed by atoms with Crippen molar-refractivity contribution >= 4 is 6.29 Å². The van der Waals surface area contributed by atoms with E-state index in [-0.39, 0.29) is 12.6 Å². The molecule has 0 atom stereocenters. The van der Waals surface area contributed by atoms with Gasteiger partial charge in [-0.05, 0) is 25.1 Å². The Labute approximate surface area is 121 Å². The maximum absolute atomic E-state index is 10.7. The second-order valence-corrected chi connectivity index (χ2v) is 4.10. The summed E-state index contributed by atoms with van der Waals surface area (Å²) < 4.78 is 15.8. The number of methoxy groups -OCH3 is 2. The zero-order valence-electron chi connectivity index (χ0n) is 12.0. The van der Waals surface area contributed by atoms with E-state index in [4.69, 9.17) is 14.2 Å². The van der Waals surface area contributed by atoms with Crippen molar-refractivity contribution in [2.24, 2.45) is 0 Å². The summed E-state index contributed by atoms with van der Waals surface area (Å²) in [7, 11) is 2.99. The predicted octanol–water partition coefficient (Wildman–Crippen LogP) is 1.59. The summed E-state index contributed by atoms with van der Waals surface area (Å²) in [4.78, 5) is 23.0. The van der Waals surface area contributed by atoms with Crippen LogP contribution in [-0.4, -0.2) is 35.5 Å². The Morgan fingerprint density at radius 2 is 1.90 bits per heavy atom. The van der Waals surface area contributed by atoms with E-state index in [2.05, 4.69) is 15.0 Å². The molecule has 0 unspecified atom stereocenters. The molecule has 0 fully saturated rings. The van der Waals surface area contributed by atoms with Gasteiger partial charge < -0.3 is 14.2 Å². The molecule has 0 aliphatic carbocycles. The molecule has 0 N–H and O–H groups in total. The second kappa shape index (κ2) is 6.65. The Kier molecular flexibility index (Phi) is 4.65. The Bertz CT molecular complexity index is 646. The topological polar surface area (TPSA) is 83.4 Å². The lowest BCUT2D eigenvalue weighted by atomic mass is 10.2. The molecule has 0 saturated carbocycles. The molecule has 1 aromatic carbocycles. The monoisotopic (exact) mass is 289 g/mol. The summed E-state index contributed by atoms with van der Waals surface area (Å²) in [6, 6.07) is 5.14. The van der Waals surface area contributed by atoms with E-state index in [1.807, 2.05) is 0 Å². The summed E-state index contributed by atoms with van der Waals surface area (Å²) in [6.07, 6.45) is 0.743.